The van der Waals surface area contributed by atoms with Gasteiger partial charge < -0.3 is 5.32 Å². The molecule has 0 spiro atoms. The molecule has 0 saturated heterocycles. The summed E-state index contributed by atoms with van der Waals surface area (Å²) in [5.74, 6) is 0. The van der Waals surface area contributed by atoms with Gasteiger partial charge in [0.05, 0.1) is 0 Å². The van der Waals surface area contributed by atoms with Gasteiger partial charge in [0.2, 0.25) is 0 Å². The molecule has 0 heterocycles. The van der Waals surface area contributed by atoms with Crippen LogP contribution in [-0.4, -0.2) is 6.54 Å². The molecule has 0 radical (unpaired) electrons. The maximum atomic E-state index is 3.87. The highest BCUT2D eigenvalue weighted by atomic mass is 14.9. The highest BCUT2D eigenvalue weighted by Crippen LogP contribution is 1.96. The lowest BCUT2D eigenvalue weighted by Gasteiger charge is -2.02. The van der Waals surface area contributed by atoms with E-state index in [0.717, 1.165) is 18.7 Å². The molecule has 0 amide bonds. The van der Waals surface area contributed by atoms with Gasteiger partial charge in [0.1, 0.15) is 0 Å². The van der Waals surface area contributed by atoms with Gasteiger partial charge in [-0.2, -0.15) is 0 Å². The smallest absolute Gasteiger partial charge is 0.0267 e. The van der Waals surface area contributed by atoms with Gasteiger partial charge in [-0.1, -0.05) is 31.2 Å². The standard InChI is InChI=1S/C11H19N/c1-5-9-12-11(4)8-7-10(3)6-2/h6-8,12H,4-5,9H2,1-3H3/b8-7-,10-6-. The number of rotatable bonds is 5. The minimum atomic E-state index is 0.984. The zero-order valence-corrected chi connectivity index (χ0v) is 8.35. The van der Waals surface area contributed by atoms with Crippen molar-refractivity contribution in [2.75, 3.05) is 6.54 Å². The molecule has 0 atom stereocenters. The van der Waals surface area contributed by atoms with Crippen LogP contribution >= 0.6 is 0 Å². The maximum Gasteiger partial charge on any atom is 0.0267 e. The third-order valence-electron chi connectivity index (χ3n) is 1.60. The predicted molar refractivity (Wildman–Crippen MR) is 56.0 cm³/mol. The molecule has 12 heavy (non-hydrogen) atoms. The molecule has 0 aliphatic rings. The molecule has 0 aromatic rings. The number of hydrogen-bond donors (Lipinski definition) is 1. The highest BCUT2D eigenvalue weighted by molar-refractivity contribution is 5.23. The van der Waals surface area contributed by atoms with Crippen molar-refractivity contribution in [1.29, 1.82) is 0 Å². The first kappa shape index (κ1) is 11.0. The number of hydrogen-bond acceptors (Lipinski definition) is 1. The molecule has 1 N–H and O–H groups in total. The van der Waals surface area contributed by atoms with Crippen LogP contribution in [0, 0.1) is 0 Å². The van der Waals surface area contributed by atoms with E-state index in [9.17, 15) is 0 Å². The van der Waals surface area contributed by atoms with Crippen LogP contribution in [0.25, 0.3) is 0 Å². The Bertz CT molecular complexity index is 187. The molecule has 1 nitrogen and oxygen atoms in total. The number of nitrogens with one attached hydrogen (secondary N) is 1. The van der Waals surface area contributed by atoms with Gasteiger partial charge in [0.25, 0.3) is 0 Å². The lowest BCUT2D eigenvalue weighted by Crippen LogP contribution is -2.11. The molecule has 68 valence electrons. The predicted octanol–water partition coefficient (Wildman–Crippen LogP) is 3.02. The second-order valence-electron chi connectivity index (χ2n) is 2.82. The normalized spacial score (nSPS) is 12.1. The molecular formula is C11H19N. The molecule has 0 fully saturated rings. The summed E-state index contributed by atoms with van der Waals surface area (Å²) in [5, 5.41) is 3.20. The van der Waals surface area contributed by atoms with Crippen LogP contribution < -0.4 is 5.32 Å². The van der Waals surface area contributed by atoms with E-state index in [1.807, 2.05) is 13.0 Å². The van der Waals surface area contributed by atoms with E-state index in [2.05, 4.69) is 37.9 Å². The SMILES string of the molecule is C=C(/C=C\C(C)=C/C)NCCC. The average molecular weight is 165 g/mol. The van der Waals surface area contributed by atoms with Crippen LogP contribution in [-0.2, 0) is 0 Å². The zero-order chi connectivity index (χ0) is 9.40. The van der Waals surface area contributed by atoms with Crippen LogP contribution in [0.15, 0.2) is 36.1 Å². The van der Waals surface area contributed by atoms with Crippen LogP contribution in [0.4, 0.5) is 0 Å². The van der Waals surface area contributed by atoms with Crippen molar-refractivity contribution in [3.63, 3.8) is 0 Å². The Morgan fingerprint density at radius 1 is 1.42 bits per heavy atom. The Morgan fingerprint density at radius 3 is 2.58 bits per heavy atom. The quantitative estimate of drug-likeness (QED) is 0.617. The number of allylic oxidation sites excluding steroid dienone is 4. The molecule has 0 unspecified atom stereocenters. The van der Waals surface area contributed by atoms with Crippen molar-refractivity contribution in [1.82, 2.24) is 5.32 Å². The van der Waals surface area contributed by atoms with Gasteiger partial charge in [-0.05, 0) is 26.3 Å². The summed E-state index contributed by atoms with van der Waals surface area (Å²) in [6, 6.07) is 0. The molecule has 1 heteroatoms. The van der Waals surface area contributed by atoms with Gasteiger partial charge in [-0.3, -0.25) is 0 Å². The van der Waals surface area contributed by atoms with E-state index in [1.54, 1.807) is 0 Å². The van der Waals surface area contributed by atoms with Crippen molar-refractivity contribution in [3.8, 4) is 0 Å². The summed E-state index contributed by atoms with van der Waals surface area (Å²) in [7, 11) is 0. The Morgan fingerprint density at radius 2 is 2.08 bits per heavy atom. The third kappa shape index (κ3) is 5.78. The summed E-state index contributed by atoms with van der Waals surface area (Å²) in [6.45, 7) is 11.1. The van der Waals surface area contributed by atoms with Crippen LogP contribution in [0.5, 0.6) is 0 Å². The Labute approximate surface area is 75.9 Å². The molecule has 0 bridgehead atoms. The van der Waals surface area contributed by atoms with E-state index >= 15 is 0 Å². The Kier molecular flexibility index (Phi) is 6.16. The zero-order valence-electron chi connectivity index (χ0n) is 8.35. The fourth-order valence-electron chi connectivity index (χ4n) is 0.673. The van der Waals surface area contributed by atoms with E-state index in [0.29, 0.717) is 0 Å². The molecule has 0 saturated carbocycles. The lowest BCUT2D eigenvalue weighted by molar-refractivity contribution is 0.787. The minimum absolute atomic E-state index is 0.984. The molecule has 0 aromatic heterocycles. The average Bonchev–Trinajstić information content (AvgIpc) is 2.10. The molecular weight excluding hydrogens is 146 g/mol. The lowest BCUT2D eigenvalue weighted by atomic mass is 10.2. The molecule has 0 aliphatic heterocycles. The maximum absolute atomic E-state index is 3.87. The van der Waals surface area contributed by atoms with E-state index in [1.165, 1.54) is 5.57 Å². The molecule has 0 aliphatic carbocycles. The fourth-order valence-corrected chi connectivity index (χ4v) is 0.673. The van der Waals surface area contributed by atoms with Crippen LogP contribution in [0.2, 0.25) is 0 Å². The minimum Gasteiger partial charge on any atom is -0.386 e. The van der Waals surface area contributed by atoms with Crippen LogP contribution in [0.1, 0.15) is 27.2 Å². The van der Waals surface area contributed by atoms with E-state index in [4.69, 9.17) is 0 Å². The van der Waals surface area contributed by atoms with Gasteiger partial charge in [-0.15, -0.1) is 0 Å². The van der Waals surface area contributed by atoms with Gasteiger partial charge >= 0.3 is 0 Å². The van der Waals surface area contributed by atoms with Crippen molar-refractivity contribution in [2.45, 2.75) is 27.2 Å². The Balaban J connectivity index is 3.76. The first-order valence-electron chi connectivity index (χ1n) is 4.44. The summed E-state index contributed by atoms with van der Waals surface area (Å²) in [5.41, 5.74) is 2.24. The third-order valence-corrected chi connectivity index (χ3v) is 1.60. The first-order valence-corrected chi connectivity index (χ1v) is 4.44. The van der Waals surface area contributed by atoms with Crippen molar-refractivity contribution in [2.24, 2.45) is 0 Å². The first-order chi connectivity index (χ1) is 5.70. The monoisotopic (exact) mass is 165 g/mol. The summed E-state index contributed by atoms with van der Waals surface area (Å²) < 4.78 is 0. The second kappa shape index (κ2) is 6.71. The topological polar surface area (TPSA) is 12.0 Å². The van der Waals surface area contributed by atoms with Gasteiger partial charge in [0.15, 0.2) is 0 Å². The second-order valence-corrected chi connectivity index (χ2v) is 2.82. The van der Waals surface area contributed by atoms with Crippen molar-refractivity contribution >= 4 is 0 Å². The fraction of sp³-hybridized carbons (Fsp3) is 0.455. The molecule has 0 rings (SSSR count). The Hall–Kier alpha value is -0.980. The highest BCUT2D eigenvalue weighted by Gasteiger charge is 1.84. The summed E-state index contributed by atoms with van der Waals surface area (Å²) in [4.78, 5) is 0. The van der Waals surface area contributed by atoms with Gasteiger partial charge in [-0.25, -0.2) is 0 Å². The largest absolute Gasteiger partial charge is 0.386 e. The molecule has 0 aromatic carbocycles. The van der Waals surface area contributed by atoms with Crippen molar-refractivity contribution in [3.05, 3.63) is 36.1 Å². The van der Waals surface area contributed by atoms with Gasteiger partial charge in [0, 0.05) is 12.2 Å². The van der Waals surface area contributed by atoms with E-state index < -0.39 is 0 Å². The van der Waals surface area contributed by atoms with Crippen molar-refractivity contribution < 1.29 is 0 Å². The summed E-state index contributed by atoms with van der Waals surface area (Å²) in [6.07, 6.45) is 7.27. The van der Waals surface area contributed by atoms with E-state index in [-0.39, 0.29) is 0 Å². The van der Waals surface area contributed by atoms with Crippen LogP contribution in [0.3, 0.4) is 0 Å². The summed E-state index contributed by atoms with van der Waals surface area (Å²) >= 11 is 0.